The summed E-state index contributed by atoms with van der Waals surface area (Å²) in [7, 11) is -3.87. The number of sulfonamides is 1. The minimum Gasteiger partial charge on any atom is -0.341 e. The molecule has 2 aliphatic heterocycles. The molecular weight excluding hydrogens is 482 g/mol. The Morgan fingerprint density at radius 3 is 2.48 bits per heavy atom. The number of benzene rings is 2. The number of hydrogen-bond donors (Lipinski definition) is 1. The summed E-state index contributed by atoms with van der Waals surface area (Å²) in [6.07, 6.45) is 3.43. The lowest BCUT2D eigenvalue weighted by Gasteiger charge is -2.32. The maximum absolute atomic E-state index is 12.9. The Kier molecular flexibility index (Phi) is 6.37. The molecule has 1 N–H and O–H groups in total. The molecule has 166 valence electrons. The van der Waals surface area contributed by atoms with Crippen molar-refractivity contribution in [3.63, 3.8) is 0 Å². The van der Waals surface area contributed by atoms with Gasteiger partial charge in [0.1, 0.15) is 12.1 Å². The summed E-state index contributed by atoms with van der Waals surface area (Å²) >= 11 is 3.41. The largest absolute Gasteiger partial charge is 0.341 e. The van der Waals surface area contributed by atoms with Gasteiger partial charge in [-0.05, 0) is 67.6 Å². The summed E-state index contributed by atoms with van der Waals surface area (Å²) in [5, 5.41) is 1.72. The number of amides is 2. The molecule has 2 aliphatic rings. The fraction of sp³-hybridized carbons (Fsp3) is 0.455. The Morgan fingerprint density at radius 2 is 1.74 bits per heavy atom. The predicted octanol–water partition coefficient (Wildman–Crippen LogP) is 2.88. The minimum atomic E-state index is -3.87. The van der Waals surface area contributed by atoms with Crippen LogP contribution in [0.1, 0.15) is 32.6 Å². The lowest BCUT2D eigenvalue weighted by molar-refractivity contribution is -0.143. The highest BCUT2D eigenvalue weighted by Gasteiger charge is 2.40. The van der Waals surface area contributed by atoms with Crippen LogP contribution in [0.25, 0.3) is 10.8 Å². The average molecular weight is 508 g/mol. The molecule has 0 radical (unpaired) electrons. The standard InChI is InChI=1S/C22H26BrN3O4S/c1-15(21(27)25-10-3-2-4-11-25)26-12-9-20(22(26)28)24-31(29,30)19-8-6-16-13-18(23)7-5-17(16)14-19/h5-8,13-15,20,24H,2-4,9-12H2,1H3/t15-,20?/m1/s1. The Morgan fingerprint density at radius 1 is 1.06 bits per heavy atom. The second kappa shape index (κ2) is 8.88. The molecular formula is C22H26BrN3O4S. The molecule has 0 saturated carbocycles. The number of likely N-dealkylation sites (tertiary alicyclic amines) is 2. The molecule has 0 aliphatic carbocycles. The van der Waals surface area contributed by atoms with Crippen molar-refractivity contribution in [1.29, 1.82) is 0 Å². The summed E-state index contributed by atoms with van der Waals surface area (Å²) < 4.78 is 29.3. The Labute approximate surface area is 191 Å². The molecule has 2 heterocycles. The van der Waals surface area contributed by atoms with Crippen molar-refractivity contribution in [2.24, 2.45) is 0 Å². The molecule has 2 saturated heterocycles. The average Bonchev–Trinajstić information content (AvgIpc) is 3.12. The van der Waals surface area contributed by atoms with Crippen molar-refractivity contribution in [1.82, 2.24) is 14.5 Å². The predicted molar refractivity (Wildman–Crippen MR) is 122 cm³/mol. The number of piperidine rings is 1. The van der Waals surface area contributed by atoms with Crippen LogP contribution in [-0.4, -0.2) is 61.7 Å². The Hall–Kier alpha value is -1.97. The first-order valence-corrected chi connectivity index (χ1v) is 12.8. The van der Waals surface area contributed by atoms with Gasteiger partial charge in [-0.15, -0.1) is 0 Å². The minimum absolute atomic E-state index is 0.0581. The van der Waals surface area contributed by atoms with E-state index in [1.54, 1.807) is 19.1 Å². The van der Waals surface area contributed by atoms with Gasteiger partial charge in [0, 0.05) is 24.1 Å². The van der Waals surface area contributed by atoms with E-state index in [4.69, 9.17) is 0 Å². The van der Waals surface area contributed by atoms with Crippen molar-refractivity contribution in [2.45, 2.75) is 49.6 Å². The molecule has 2 aromatic carbocycles. The number of nitrogens with zero attached hydrogens (tertiary/aromatic N) is 2. The van der Waals surface area contributed by atoms with E-state index < -0.39 is 22.1 Å². The van der Waals surface area contributed by atoms with Crippen LogP contribution in [0.5, 0.6) is 0 Å². The fourth-order valence-electron chi connectivity index (χ4n) is 4.32. The van der Waals surface area contributed by atoms with E-state index >= 15 is 0 Å². The molecule has 2 atom stereocenters. The maximum Gasteiger partial charge on any atom is 0.245 e. The van der Waals surface area contributed by atoms with Gasteiger partial charge in [0.2, 0.25) is 21.8 Å². The topological polar surface area (TPSA) is 86.8 Å². The maximum atomic E-state index is 12.9. The van der Waals surface area contributed by atoms with E-state index in [-0.39, 0.29) is 16.7 Å². The molecule has 0 aromatic heterocycles. The Balaban J connectivity index is 1.46. The van der Waals surface area contributed by atoms with Gasteiger partial charge in [-0.3, -0.25) is 9.59 Å². The van der Waals surface area contributed by atoms with Gasteiger partial charge >= 0.3 is 0 Å². The van der Waals surface area contributed by atoms with Crippen LogP contribution in [-0.2, 0) is 19.6 Å². The molecule has 1 unspecified atom stereocenters. The summed E-state index contributed by atoms with van der Waals surface area (Å²) in [6.45, 7) is 3.53. The first kappa shape index (κ1) is 22.2. The SMILES string of the molecule is C[C@H](C(=O)N1CCCCC1)N1CCC(NS(=O)(=O)c2ccc3cc(Br)ccc3c2)C1=O. The van der Waals surface area contributed by atoms with Gasteiger partial charge in [-0.25, -0.2) is 8.42 Å². The second-order valence-corrected chi connectivity index (χ2v) is 10.8. The molecule has 2 aromatic rings. The smallest absolute Gasteiger partial charge is 0.245 e. The highest BCUT2D eigenvalue weighted by Crippen LogP contribution is 2.24. The molecule has 0 spiro atoms. The van der Waals surface area contributed by atoms with E-state index in [0.717, 1.165) is 47.6 Å². The van der Waals surface area contributed by atoms with Gasteiger partial charge in [0.25, 0.3) is 0 Å². The van der Waals surface area contributed by atoms with Gasteiger partial charge in [-0.1, -0.05) is 28.1 Å². The van der Waals surface area contributed by atoms with Crippen LogP contribution in [0.2, 0.25) is 0 Å². The number of carbonyl (C=O) groups excluding carboxylic acids is 2. The number of hydrogen-bond acceptors (Lipinski definition) is 4. The molecule has 31 heavy (non-hydrogen) atoms. The van der Waals surface area contributed by atoms with Crippen molar-refractivity contribution >= 4 is 48.5 Å². The van der Waals surface area contributed by atoms with Crippen LogP contribution in [0, 0.1) is 0 Å². The molecule has 2 amide bonds. The first-order chi connectivity index (χ1) is 14.8. The number of rotatable bonds is 5. The van der Waals surface area contributed by atoms with E-state index in [1.807, 2.05) is 23.1 Å². The molecule has 0 bridgehead atoms. The van der Waals surface area contributed by atoms with Crippen LogP contribution in [0.3, 0.4) is 0 Å². The zero-order chi connectivity index (χ0) is 22.2. The summed E-state index contributed by atoms with van der Waals surface area (Å²) in [5.41, 5.74) is 0. The molecule has 9 heteroatoms. The van der Waals surface area contributed by atoms with E-state index in [9.17, 15) is 18.0 Å². The van der Waals surface area contributed by atoms with E-state index in [2.05, 4.69) is 20.7 Å². The highest BCUT2D eigenvalue weighted by molar-refractivity contribution is 9.10. The van der Waals surface area contributed by atoms with Crippen molar-refractivity contribution < 1.29 is 18.0 Å². The summed E-state index contributed by atoms with van der Waals surface area (Å²) in [6, 6.07) is 9.05. The lowest BCUT2D eigenvalue weighted by atomic mass is 10.1. The third-order valence-corrected chi connectivity index (χ3v) is 8.08. The first-order valence-electron chi connectivity index (χ1n) is 10.6. The van der Waals surface area contributed by atoms with Crippen molar-refractivity contribution in [2.75, 3.05) is 19.6 Å². The van der Waals surface area contributed by atoms with Crippen molar-refractivity contribution in [3.8, 4) is 0 Å². The van der Waals surface area contributed by atoms with Gasteiger partial charge in [0.15, 0.2) is 0 Å². The normalized spacial score (nSPS) is 21.0. The Bertz CT molecular complexity index is 1110. The lowest BCUT2D eigenvalue weighted by Crippen LogP contribution is -2.51. The zero-order valence-corrected chi connectivity index (χ0v) is 19.8. The van der Waals surface area contributed by atoms with E-state index in [1.165, 1.54) is 11.0 Å². The van der Waals surface area contributed by atoms with Crippen LogP contribution in [0.4, 0.5) is 0 Å². The number of nitrogens with one attached hydrogen (secondary N) is 1. The monoisotopic (exact) mass is 507 g/mol. The third kappa shape index (κ3) is 4.63. The van der Waals surface area contributed by atoms with E-state index in [0.29, 0.717) is 13.0 Å². The van der Waals surface area contributed by atoms with Gasteiger partial charge in [-0.2, -0.15) is 4.72 Å². The van der Waals surface area contributed by atoms with Crippen molar-refractivity contribution in [3.05, 3.63) is 40.9 Å². The third-order valence-electron chi connectivity index (χ3n) is 6.11. The second-order valence-electron chi connectivity index (χ2n) is 8.21. The molecule has 2 fully saturated rings. The summed E-state index contributed by atoms with van der Waals surface area (Å²) in [4.78, 5) is 29.1. The quantitative estimate of drug-likeness (QED) is 0.673. The van der Waals surface area contributed by atoms with Crippen LogP contribution in [0.15, 0.2) is 45.8 Å². The number of carbonyl (C=O) groups is 2. The fourth-order valence-corrected chi connectivity index (χ4v) is 5.96. The molecule has 7 nitrogen and oxygen atoms in total. The summed E-state index contributed by atoms with van der Waals surface area (Å²) in [5.74, 6) is -0.400. The van der Waals surface area contributed by atoms with Crippen LogP contribution >= 0.6 is 15.9 Å². The highest BCUT2D eigenvalue weighted by atomic mass is 79.9. The molecule has 4 rings (SSSR count). The zero-order valence-electron chi connectivity index (χ0n) is 17.4. The number of halogens is 1. The van der Waals surface area contributed by atoms with Gasteiger partial charge < -0.3 is 9.80 Å². The van der Waals surface area contributed by atoms with Gasteiger partial charge in [0.05, 0.1) is 4.90 Å². The number of fused-ring (bicyclic) bond motifs is 1. The van der Waals surface area contributed by atoms with Crippen LogP contribution < -0.4 is 4.72 Å².